The quantitative estimate of drug-likeness (QED) is 0.196. The van der Waals surface area contributed by atoms with Crippen molar-refractivity contribution in [2.24, 2.45) is 11.3 Å². The number of aromatic amines is 1. The highest BCUT2D eigenvalue weighted by molar-refractivity contribution is 6.05. The number of halogens is 2. The molecule has 63 heavy (non-hydrogen) atoms. The van der Waals surface area contributed by atoms with Crippen molar-refractivity contribution in [3.05, 3.63) is 75.8 Å². The van der Waals surface area contributed by atoms with Gasteiger partial charge in [-0.15, -0.1) is 0 Å². The first-order chi connectivity index (χ1) is 30.4. The van der Waals surface area contributed by atoms with Crippen LogP contribution in [-0.2, 0) is 22.7 Å². The van der Waals surface area contributed by atoms with E-state index in [-0.39, 0.29) is 29.7 Å². The fourth-order valence-electron chi connectivity index (χ4n) is 10.8. The van der Waals surface area contributed by atoms with Gasteiger partial charge in [0.15, 0.2) is 0 Å². The van der Waals surface area contributed by atoms with Crippen molar-refractivity contribution in [2.45, 2.75) is 70.0 Å². The number of benzene rings is 2. The van der Waals surface area contributed by atoms with Crippen LogP contribution in [0.15, 0.2) is 53.6 Å². The minimum absolute atomic E-state index is 0.127. The number of amides is 3. The summed E-state index contributed by atoms with van der Waals surface area (Å²) in [7, 11) is 3.29. The number of methoxy groups -OCH3 is 2. The van der Waals surface area contributed by atoms with E-state index in [1.54, 1.807) is 31.4 Å². The second-order valence-electron chi connectivity index (χ2n) is 18.6. The molecular weight excluding hydrogens is 811 g/mol. The zero-order valence-electron chi connectivity index (χ0n) is 35.9. The van der Waals surface area contributed by atoms with Crippen molar-refractivity contribution in [2.75, 3.05) is 82.9 Å². The molecule has 6 aliphatic heterocycles. The summed E-state index contributed by atoms with van der Waals surface area (Å²) in [4.78, 5) is 68.0. The average Bonchev–Trinajstić information content (AvgIpc) is 3.59. The van der Waals surface area contributed by atoms with Crippen LogP contribution in [0.4, 0.5) is 20.3 Å². The number of likely N-dealkylation sites (tertiary alicyclic amines) is 2. The van der Waals surface area contributed by atoms with Crippen LogP contribution < -0.4 is 30.1 Å². The maximum Gasteiger partial charge on any atom is 0.282 e. The third-order valence-corrected chi connectivity index (χ3v) is 14.6. The first kappa shape index (κ1) is 41.4. The third kappa shape index (κ3) is 7.89. The number of nitrogens with one attached hydrogen (secondary N) is 2. The van der Waals surface area contributed by atoms with E-state index in [9.17, 15) is 28.0 Å². The Bertz CT molecular complexity index is 2490. The standard InChI is InChI=1S/C47H54F2N8O6/c1-62-39-17-31(35-21-51-43(59)36-22-50-41(20-34(35)36)56-27-47(48,49)28-56)18-40(63-2)37(39)24-54-13-8-29(9-14-54)7-12-53-15-10-46(11-16-53)25-55(26-46)32-4-3-30-23-57(45(61)33(30)19-32)38-5-6-42(58)52-44(38)60/h3-4,17-22,29,38H,5-16,23-28H2,1-2H3,(H,51,59)(H,52,58,60). The summed E-state index contributed by atoms with van der Waals surface area (Å²) in [5, 5.41) is 3.37. The first-order valence-corrected chi connectivity index (χ1v) is 22.2. The van der Waals surface area contributed by atoms with Crippen LogP contribution in [0.2, 0.25) is 0 Å². The zero-order valence-corrected chi connectivity index (χ0v) is 35.9. The fraction of sp³-hybridized carbons (Fsp3) is 0.511. The molecule has 10 rings (SSSR count). The average molecular weight is 865 g/mol. The van der Waals surface area contributed by atoms with Crippen molar-refractivity contribution < 1.29 is 32.6 Å². The molecule has 1 atom stereocenters. The summed E-state index contributed by atoms with van der Waals surface area (Å²) >= 11 is 0. The number of anilines is 2. The van der Waals surface area contributed by atoms with Gasteiger partial charge in [0.1, 0.15) is 23.4 Å². The van der Waals surface area contributed by atoms with E-state index >= 15 is 0 Å². The van der Waals surface area contributed by atoms with Crippen molar-refractivity contribution in [3.63, 3.8) is 0 Å². The predicted molar refractivity (Wildman–Crippen MR) is 233 cm³/mol. The molecule has 4 aromatic rings. The highest BCUT2D eigenvalue weighted by Crippen LogP contribution is 2.44. The van der Waals surface area contributed by atoms with Crippen LogP contribution in [0, 0.1) is 11.3 Å². The summed E-state index contributed by atoms with van der Waals surface area (Å²) in [5.74, 6) is -1.09. The second-order valence-corrected chi connectivity index (χ2v) is 18.6. The molecule has 1 unspecified atom stereocenters. The fourth-order valence-corrected chi connectivity index (χ4v) is 10.8. The summed E-state index contributed by atoms with van der Waals surface area (Å²) in [6.07, 6.45) is 9.52. The molecule has 0 aliphatic carbocycles. The van der Waals surface area contributed by atoms with E-state index < -0.39 is 25.1 Å². The first-order valence-electron chi connectivity index (χ1n) is 22.2. The summed E-state index contributed by atoms with van der Waals surface area (Å²) in [6.45, 7) is 7.56. The Kier molecular flexibility index (Phi) is 10.6. The van der Waals surface area contributed by atoms with Crippen molar-refractivity contribution in [3.8, 4) is 22.6 Å². The van der Waals surface area contributed by atoms with Crippen molar-refractivity contribution >= 4 is 40.0 Å². The lowest BCUT2D eigenvalue weighted by molar-refractivity contribution is -0.136. The predicted octanol–water partition coefficient (Wildman–Crippen LogP) is 5.03. The number of nitrogens with zero attached hydrogens (tertiary/aromatic N) is 6. The van der Waals surface area contributed by atoms with Crippen LogP contribution in [0.25, 0.3) is 21.9 Å². The molecule has 14 nitrogen and oxygen atoms in total. The van der Waals surface area contributed by atoms with Gasteiger partial charge in [-0.25, -0.2) is 13.8 Å². The number of hydrogen-bond acceptors (Lipinski definition) is 11. The minimum Gasteiger partial charge on any atom is -0.496 e. The van der Waals surface area contributed by atoms with Gasteiger partial charge >= 0.3 is 0 Å². The maximum absolute atomic E-state index is 13.7. The van der Waals surface area contributed by atoms with Gasteiger partial charge in [-0.05, 0) is 119 Å². The summed E-state index contributed by atoms with van der Waals surface area (Å²) in [6, 6.07) is 11.1. The Morgan fingerprint density at radius 2 is 1.56 bits per heavy atom. The molecule has 6 aliphatic rings. The monoisotopic (exact) mass is 864 g/mol. The molecule has 3 amide bonds. The molecule has 2 aromatic carbocycles. The van der Waals surface area contributed by atoms with Crippen molar-refractivity contribution in [1.82, 2.24) is 30.0 Å². The number of carbonyl (C=O) groups is 3. The number of H-pyrrole nitrogens is 1. The lowest BCUT2D eigenvalue weighted by Gasteiger charge is -2.55. The molecule has 5 fully saturated rings. The van der Waals surface area contributed by atoms with Gasteiger partial charge < -0.3 is 34.1 Å². The maximum atomic E-state index is 13.7. The van der Waals surface area contributed by atoms with E-state index in [2.05, 4.69) is 36.1 Å². The molecule has 1 spiro atoms. The number of piperidine rings is 3. The smallest absolute Gasteiger partial charge is 0.282 e. The number of rotatable bonds is 11. The van der Waals surface area contributed by atoms with Gasteiger partial charge in [-0.3, -0.25) is 29.4 Å². The van der Waals surface area contributed by atoms with Crippen LogP contribution in [0.1, 0.15) is 66.4 Å². The van der Waals surface area contributed by atoms with Gasteiger partial charge in [-0.1, -0.05) is 6.07 Å². The molecule has 8 heterocycles. The lowest BCUT2D eigenvalue weighted by Crippen LogP contribution is -2.60. The number of ether oxygens (including phenoxy) is 2. The van der Waals surface area contributed by atoms with Gasteiger partial charge in [-0.2, -0.15) is 0 Å². The zero-order chi connectivity index (χ0) is 43.6. The second kappa shape index (κ2) is 16.2. The topological polar surface area (TPSA) is 144 Å². The van der Waals surface area contributed by atoms with Gasteiger partial charge in [0, 0.05) is 72.6 Å². The number of aromatic nitrogens is 2. The molecule has 2 N–H and O–H groups in total. The molecule has 0 radical (unpaired) electrons. The van der Waals surface area contributed by atoms with Gasteiger partial charge in [0.05, 0.1) is 38.3 Å². The summed E-state index contributed by atoms with van der Waals surface area (Å²) in [5.41, 5.74) is 5.13. The molecule has 332 valence electrons. The number of imide groups is 1. The normalized spacial score (nSPS) is 22.6. The molecule has 0 bridgehead atoms. The van der Waals surface area contributed by atoms with Crippen LogP contribution in [-0.4, -0.2) is 127 Å². The van der Waals surface area contributed by atoms with Gasteiger partial charge in [0.2, 0.25) is 11.8 Å². The van der Waals surface area contributed by atoms with E-state index in [1.807, 2.05) is 24.3 Å². The molecule has 5 saturated heterocycles. The number of hydrogen-bond donors (Lipinski definition) is 2. The Hall–Kier alpha value is -5.61. The number of pyridine rings is 2. The highest BCUT2D eigenvalue weighted by atomic mass is 19.3. The number of fused-ring (bicyclic) bond motifs is 2. The van der Waals surface area contributed by atoms with Crippen LogP contribution >= 0.6 is 0 Å². The number of alkyl halides is 2. The summed E-state index contributed by atoms with van der Waals surface area (Å²) < 4.78 is 39.2. The molecule has 2 aromatic heterocycles. The lowest BCUT2D eigenvalue weighted by atomic mass is 9.71. The van der Waals surface area contributed by atoms with Crippen LogP contribution in [0.3, 0.4) is 0 Å². The molecular formula is C47H54F2N8O6. The van der Waals surface area contributed by atoms with Gasteiger partial charge in [0.25, 0.3) is 17.4 Å². The Balaban J connectivity index is 0.703. The van der Waals surface area contributed by atoms with E-state index in [0.29, 0.717) is 64.5 Å². The Labute approximate surface area is 364 Å². The Morgan fingerprint density at radius 1 is 0.825 bits per heavy atom. The van der Waals surface area contributed by atoms with Crippen molar-refractivity contribution in [1.29, 1.82) is 0 Å². The van der Waals surface area contributed by atoms with E-state index in [4.69, 9.17) is 9.47 Å². The largest absolute Gasteiger partial charge is 0.496 e. The molecule has 0 saturated carbocycles. The minimum atomic E-state index is -2.74. The third-order valence-electron chi connectivity index (χ3n) is 14.6. The molecule has 16 heteroatoms. The van der Waals surface area contributed by atoms with E-state index in [1.165, 1.54) is 30.4 Å². The Morgan fingerprint density at radius 3 is 2.24 bits per heavy atom. The SMILES string of the molecule is COc1cc(-c2c[nH]c(=O)c3cnc(N4CC(F)(F)C4)cc23)cc(OC)c1CN1CCC(CCN2CCC3(CC2)CN(c2ccc4c(c2)C(=O)N(C2CCC(=O)NC2=O)C4)C3)CC1. The van der Waals surface area contributed by atoms with Crippen LogP contribution in [0.5, 0.6) is 11.5 Å². The number of carbonyl (C=O) groups excluding carboxylic acids is 3. The highest BCUT2D eigenvalue weighted by Gasteiger charge is 2.46. The van der Waals surface area contributed by atoms with E-state index in [0.717, 1.165) is 86.6 Å².